The molecule has 1 fully saturated rings. The second kappa shape index (κ2) is 5.65. The van der Waals surface area contributed by atoms with Gasteiger partial charge in [-0.3, -0.25) is 9.89 Å². The summed E-state index contributed by atoms with van der Waals surface area (Å²) in [6, 6.07) is 6.00. The largest absolute Gasteiger partial charge is 0.349 e. The number of benzene rings is 1. The SMILES string of the molecule is CCC1CCC(NC(=O)c2ccc3cn[nH]c3c2)CC1. The molecule has 0 saturated heterocycles. The summed E-state index contributed by atoms with van der Waals surface area (Å²) in [7, 11) is 0. The predicted molar refractivity (Wildman–Crippen MR) is 79.6 cm³/mol. The first-order valence-electron chi connectivity index (χ1n) is 7.50. The van der Waals surface area contributed by atoms with Crippen LogP contribution in [0.5, 0.6) is 0 Å². The van der Waals surface area contributed by atoms with Crippen molar-refractivity contribution >= 4 is 16.8 Å². The molecule has 4 heteroatoms. The van der Waals surface area contributed by atoms with Gasteiger partial charge in [0.2, 0.25) is 0 Å². The second-order valence-electron chi connectivity index (χ2n) is 5.77. The van der Waals surface area contributed by atoms with Gasteiger partial charge in [-0.15, -0.1) is 0 Å². The van der Waals surface area contributed by atoms with Gasteiger partial charge in [-0.2, -0.15) is 5.10 Å². The maximum Gasteiger partial charge on any atom is 0.251 e. The first-order valence-corrected chi connectivity index (χ1v) is 7.50. The Hall–Kier alpha value is -1.84. The van der Waals surface area contributed by atoms with Gasteiger partial charge in [0.05, 0.1) is 11.7 Å². The van der Waals surface area contributed by atoms with Crippen LogP contribution in [0, 0.1) is 5.92 Å². The molecule has 1 aromatic carbocycles. The zero-order chi connectivity index (χ0) is 13.9. The number of carbonyl (C=O) groups is 1. The van der Waals surface area contributed by atoms with Crippen LogP contribution in [0.3, 0.4) is 0 Å². The standard InChI is InChI=1S/C16H21N3O/c1-2-11-3-7-14(8-4-11)18-16(20)12-5-6-13-10-17-19-15(13)9-12/h5-6,9-11,14H,2-4,7-8H2,1H3,(H,17,19)(H,18,20). The Kier molecular flexibility index (Phi) is 3.72. The van der Waals surface area contributed by atoms with Crippen LogP contribution in [0.25, 0.3) is 10.9 Å². The minimum atomic E-state index is 0.0291. The molecule has 3 rings (SSSR count). The van der Waals surface area contributed by atoms with Crippen LogP contribution in [0.15, 0.2) is 24.4 Å². The molecule has 0 aliphatic heterocycles. The lowest BCUT2D eigenvalue weighted by molar-refractivity contribution is 0.0921. The van der Waals surface area contributed by atoms with Crippen LogP contribution >= 0.6 is 0 Å². The molecule has 1 aliphatic carbocycles. The molecule has 0 unspecified atom stereocenters. The highest BCUT2D eigenvalue weighted by atomic mass is 16.1. The smallest absolute Gasteiger partial charge is 0.251 e. The van der Waals surface area contributed by atoms with Crippen molar-refractivity contribution in [1.82, 2.24) is 15.5 Å². The summed E-state index contributed by atoms with van der Waals surface area (Å²) in [6.45, 7) is 2.25. The van der Waals surface area contributed by atoms with Crippen LogP contribution in [-0.4, -0.2) is 22.1 Å². The molecule has 1 aliphatic rings. The van der Waals surface area contributed by atoms with Crippen molar-refractivity contribution in [1.29, 1.82) is 0 Å². The third-order valence-corrected chi connectivity index (χ3v) is 4.46. The fraction of sp³-hybridized carbons (Fsp3) is 0.500. The summed E-state index contributed by atoms with van der Waals surface area (Å²) in [4.78, 5) is 12.3. The molecular formula is C16H21N3O. The Morgan fingerprint density at radius 1 is 1.35 bits per heavy atom. The number of nitrogens with one attached hydrogen (secondary N) is 2. The van der Waals surface area contributed by atoms with Crippen molar-refractivity contribution in [3.05, 3.63) is 30.0 Å². The molecule has 4 nitrogen and oxygen atoms in total. The number of carbonyl (C=O) groups excluding carboxylic acids is 1. The molecular weight excluding hydrogens is 250 g/mol. The van der Waals surface area contributed by atoms with E-state index in [1.54, 1.807) is 6.20 Å². The molecule has 1 heterocycles. The van der Waals surface area contributed by atoms with Gasteiger partial charge in [0.1, 0.15) is 0 Å². The second-order valence-corrected chi connectivity index (χ2v) is 5.77. The summed E-state index contributed by atoms with van der Waals surface area (Å²) < 4.78 is 0. The topological polar surface area (TPSA) is 57.8 Å². The van der Waals surface area contributed by atoms with E-state index in [-0.39, 0.29) is 5.91 Å². The van der Waals surface area contributed by atoms with Crippen LogP contribution in [0.2, 0.25) is 0 Å². The maximum atomic E-state index is 12.3. The van der Waals surface area contributed by atoms with E-state index in [0.717, 1.165) is 29.7 Å². The molecule has 2 N–H and O–H groups in total. The van der Waals surface area contributed by atoms with E-state index >= 15 is 0 Å². The number of hydrogen-bond donors (Lipinski definition) is 2. The molecule has 0 spiro atoms. The molecule has 20 heavy (non-hydrogen) atoms. The zero-order valence-electron chi connectivity index (χ0n) is 11.9. The molecule has 2 aromatic rings. The number of hydrogen-bond acceptors (Lipinski definition) is 2. The Morgan fingerprint density at radius 3 is 2.90 bits per heavy atom. The van der Waals surface area contributed by atoms with Gasteiger partial charge in [0.25, 0.3) is 5.91 Å². The first kappa shape index (κ1) is 13.2. The number of rotatable bonds is 3. The summed E-state index contributed by atoms with van der Waals surface area (Å²) in [6.07, 6.45) is 7.72. The van der Waals surface area contributed by atoms with E-state index in [9.17, 15) is 4.79 Å². The molecule has 1 aromatic heterocycles. The monoisotopic (exact) mass is 271 g/mol. The van der Waals surface area contributed by atoms with Crippen molar-refractivity contribution in [2.45, 2.75) is 45.1 Å². The minimum absolute atomic E-state index is 0.0291. The van der Waals surface area contributed by atoms with E-state index in [1.807, 2.05) is 18.2 Å². The van der Waals surface area contributed by atoms with E-state index in [2.05, 4.69) is 22.4 Å². The molecule has 0 atom stereocenters. The number of aromatic nitrogens is 2. The van der Waals surface area contributed by atoms with Gasteiger partial charge in [0, 0.05) is 17.0 Å². The van der Waals surface area contributed by atoms with Crippen molar-refractivity contribution < 1.29 is 4.79 Å². The van der Waals surface area contributed by atoms with Gasteiger partial charge in [-0.25, -0.2) is 0 Å². The summed E-state index contributed by atoms with van der Waals surface area (Å²) in [5.41, 5.74) is 1.62. The van der Waals surface area contributed by atoms with Crippen molar-refractivity contribution in [3.8, 4) is 0 Å². The van der Waals surface area contributed by atoms with Crippen LogP contribution in [0.1, 0.15) is 49.4 Å². The van der Waals surface area contributed by atoms with Gasteiger partial charge < -0.3 is 5.32 Å². The fourth-order valence-electron chi connectivity index (χ4n) is 3.06. The Bertz CT molecular complexity index is 597. The molecule has 0 radical (unpaired) electrons. The first-order chi connectivity index (χ1) is 9.76. The molecule has 0 bridgehead atoms. The third-order valence-electron chi connectivity index (χ3n) is 4.46. The van der Waals surface area contributed by atoms with Crippen molar-refractivity contribution in [3.63, 3.8) is 0 Å². The average molecular weight is 271 g/mol. The third kappa shape index (κ3) is 2.69. The highest BCUT2D eigenvalue weighted by molar-refractivity contribution is 5.97. The van der Waals surface area contributed by atoms with Crippen LogP contribution in [0.4, 0.5) is 0 Å². The van der Waals surface area contributed by atoms with Gasteiger partial charge in [-0.05, 0) is 43.7 Å². The lowest BCUT2D eigenvalue weighted by Crippen LogP contribution is -2.37. The van der Waals surface area contributed by atoms with Gasteiger partial charge >= 0.3 is 0 Å². The maximum absolute atomic E-state index is 12.3. The molecule has 1 saturated carbocycles. The highest BCUT2D eigenvalue weighted by Crippen LogP contribution is 2.26. The van der Waals surface area contributed by atoms with Crippen LogP contribution < -0.4 is 5.32 Å². The zero-order valence-corrected chi connectivity index (χ0v) is 11.9. The van der Waals surface area contributed by atoms with Crippen LogP contribution in [-0.2, 0) is 0 Å². The lowest BCUT2D eigenvalue weighted by atomic mass is 9.84. The van der Waals surface area contributed by atoms with Gasteiger partial charge in [-0.1, -0.05) is 19.4 Å². The van der Waals surface area contributed by atoms with Crippen molar-refractivity contribution in [2.24, 2.45) is 5.92 Å². The van der Waals surface area contributed by atoms with E-state index in [0.29, 0.717) is 11.6 Å². The molecule has 1 amide bonds. The average Bonchev–Trinajstić information content (AvgIpc) is 2.95. The predicted octanol–water partition coefficient (Wildman–Crippen LogP) is 3.26. The number of aromatic amines is 1. The minimum Gasteiger partial charge on any atom is -0.349 e. The summed E-state index contributed by atoms with van der Waals surface area (Å²) in [5, 5.41) is 11.1. The lowest BCUT2D eigenvalue weighted by Gasteiger charge is -2.28. The summed E-state index contributed by atoms with van der Waals surface area (Å²) in [5.74, 6) is 0.881. The normalized spacial score (nSPS) is 22.9. The number of fused-ring (bicyclic) bond motifs is 1. The quantitative estimate of drug-likeness (QED) is 0.900. The van der Waals surface area contributed by atoms with Crippen molar-refractivity contribution in [2.75, 3.05) is 0 Å². The number of H-pyrrole nitrogens is 1. The molecule has 106 valence electrons. The Balaban J connectivity index is 1.64. The number of amides is 1. The Labute approximate surface area is 119 Å². The van der Waals surface area contributed by atoms with E-state index in [1.165, 1.54) is 19.3 Å². The van der Waals surface area contributed by atoms with E-state index < -0.39 is 0 Å². The number of nitrogens with zero attached hydrogens (tertiary/aromatic N) is 1. The summed E-state index contributed by atoms with van der Waals surface area (Å²) >= 11 is 0. The fourth-order valence-corrected chi connectivity index (χ4v) is 3.06. The Morgan fingerprint density at radius 2 is 2.15 bits per heavy atom. The highest BCUT2D eigenvalue weighted by Gasteiger charge is 2.21. The van der Waals surface area contributed by atoms with Gasteiger partial charge in [0.15, 0.2) is 0 Å². The van der Waals surface area contributed by atoms with E-state index in [4.69, 9.17) is 0 Å².